The zero-order chi connectivity index (χ0) is 27.5. The van der Waals surface area contributed by atoms with E-state index in [1.165, 1.54) is 7.11 Å². The predicted octanol–water partition coefficient (Wildman–Crippen LogP) is 1.37. The molecule has 2 N–H and O–H groups in total. The third kappa shape index (κ3) is 6.05. The summed E-state index contributed by atoms with van der Waals surface area (Å²) in [7, 11) is 6.28. The fourth-order valence-electron chi connectivity index (χ4n) is 5.59. The molecule has 37 heavy (non-hydrogen) atoms. The quantitative estimate of drug-likeness (QED) is 0.400. The molecule has 0 aromatic rings. The van der Waals surface area contributed by atoms with Crippen molar-refractivity contribution in [2.45, 2.75) is 95.3 Å². The molecule has 0 saturated carbocycles. The molecule has 0 unspecified atom stereocenters. The van der Waals surface area contributed by atoms with Crippen LogP contribution in [0, 0.1) is 11.3 Å². The summed E-state index contributed by atoms with van der Waals surface area (Å²) in [6.07, 6.45) is -4.23. The summed E-state index contributed by atoms with van der Waals surface area (Å²) in [6, 6.07) is 0. The number of hydrogen-bond donors (Lipinski definition) is 2. The van der Waals surface area contributed by atoms with Gasteiger partial charge >= 0.3 is 0 Å². The summed E-state index contributed by atoms with van der Waals surface area (Å²) in [5.74, 6) is -2.21. The molecule has 0 aromatic carbocycles. The molecule has 3 heterocycles. The normalized spacial score (nSPS) is 39.5. The van der Waals surface area contributed by atoms with Crippen molar-refractivity contribution in [3.63, 3.8) is 0 Å². The molecule has 214 valence electrons. The summed E-state index contributed by atoms with van der Waals surface area (Å²) in [4.78, 5) is 13.3. The number of carbonyl (C=O) groups excluding carboxylic acids is 1. The van der Waals surface area contributed by atoms with Crippen LogP contribution in [-0.4, -0.2) is 108 Å². The van der Waals surface area contributed by atoms with E-state index < -0.39 is 41.6 Å². The highest BCUT2D eigenvalue weighted by molar-refractivity contribution is 5.82. The highest BCUT2D eigenvalue weighted by Crippen LogP contribution is 2.44. The van der Waals surface area contributed by atoms with Gasteiger partial charge in [0.15, 0.2) is 12.3 Å². The van der Waals surface area contributed by atoms with Crippen molar-refractivity contribution in [3.8, 4) is 0 Å². The maximum absolute atomic E-state index is 13.3. The van der Waals surface area contributed by atoms with E-state index in [2.05, 4.69) is 25.7 Å². The minimum atomic E-state index is -1.64. The number of hydrogen-bond acceptors (Lipinski definition) is 10. The lowest BCUT2D eigenvalue weighted by molar-refractivity contribution is -0.333. The van der Waals surface area contributed by atoms with Crippen LogP contribution in [0.1, 0.15) is 40.5 Å². The van der Waals surface area contributed by atoms with E-state index in [9.17, 15) is 9.90 Å². The van der Waals surface area contributed by atoms with Gasteiger partial charge in [-0.25, -0.2) is 0 Å². The summed E-state index contributed by atoms with van der Waals surface area (Å²) in [5, 5.41) is 13.9. The Balaban J connectivity index is 1.80. The van der Waals surface area contributed by atoms with Gasteiger partial charge in [0, 0.05) is 52.6 Å². The molecule has 3 aliphatic heterocycles. The van der Waals surface area contributed by atoms with Crippen LogP contribution in [0.4, 0.5) is 0 Å². The van der Waals surface area contributed by atoms with Gasteiger partial charge in [-0.2, -0.15) is 0 Å². The van der Waals surface area contributed by atoms with Crippen LogP contribution in [0.3, 0.4) is 0 Å². The minimum Gasteiger partial charge on any atom is -0.382 e. The molecule has 3 aliphatic rings. The van der Waals surface area contributed by atoms with Crippen molar-refractivity contribution in [2.24, 2.45) is 11.3 Å². The lowest BCUT2D eigenvalue weighted by Gasteiger charge is -2.54. The molecule has 3 fully saturated rings. The molecule has 0 aliphatic carbocycles. The second-order valence-corrected chi connectivity index (χ2v) is 10.8. The molecule has 1 amide bonds. The van der Waals surface area contributed by atoms with E-state index in [1.807, 2.05) is 13.8 Å². The van der Waals surface area contributed by atoms with E-state index in [4.69, 9.17) is 37.9 Å². The smallest absolute Gasteiger partial charge is 0.256 e. The van der Waals surface area contributed by atoms with E-state index in [0.717, 1.165) is 5.57 Å². The van der Waals surface area contributed by atoms with Crippen molar-refractivity contribution >= 4 is 5.91 Å². The van der Waals surface area contributed by atoms with Crippen LogP contribution < -0.4 is 5.32 Å². The fraction of sp³-hybridized carbons (Fsp3) is 0.885. The summed E-state index contributed by atoms with van der Waals surface area (Å²) >= 11 is 0. The van der Waals surface area contributed by atoms with Gasteiger partial charge in [-0.3, -0.25) is 4.79 Å². The van der Waals surface area contributed by atoms with Crippen molar-refractivity contribution in [3.05, 3.63) is 12.2 Å². The topological polar surface area (TPSA) is 123 Å². The SMILES string of the molecule is C=C1C[C@](OC)([C@H](O)C(=O)N[C@H]2OCO[C@H]3[C@@H]2O[C@H](C[C@H](COC)OC)C(C)(C)[C@@H]3OC)O[C@H](C)[C@@H]1C. The Kier molecular flexibility index (Phi) is 10.1. The van der Waals surface area contributed by atoms with Gasteiger partial charge in [0.2, 0.25) is 5.79 Å². The van der Waals surface area contributed by atoms with Gasteiger partial charge in [0.1, 0.15) is 19.0 Å². The molecular weight excluding hydrogens is 486 g/mol. The first-order valence-electron chi connectivity index (χ1n) is 12.8. The molecule has 3 saturated heterocycles. The number of nitrogens with one attached hydrogen (secondary N) is 1. The molecule has 10 atom stereocenters. The molecule has 11 nitrogen and oxygen atoms in total. The highest BCUT2D eigenvalue weighted by atomic mass is 16.7. The first-order chi connectivity index (χ1) is 17.4. The van der Waals surface area contributed by atoms with E-state index in [-0.39, 0.29) is 43.5 Å². The Morgan fingerprint density at radius 1 is 1.19 bits per heavy atom. The second kappa shape index (κ2) is 12.4. The number of amides is 1. The second-order valence-electron chi connectivity index (χ2n) is 10.8. The largest absolute Gasteiger partial charge is 0.382 e. The van der Waals surface area contributed by atoms with Gasteiger partial charge in [-0.15, -0.1) is 0 Å². The molecule has 3 rings (SSSR count). The number of rotatable bonds is 10. The van der Waals surface area contributed by atoms with Crippen LogP contribution in [0.2, 0.25) is 0 Å². The Labute approximate surface area is 220 Å². The van der Waals surface area contributed by atoms with Crippen molar-refractivity contribution in [1.29, 1.82) is 0 Å². The van der Waals surface area contributed by atoms with Crippen molar-refractivity contribution in [1.82, 2.24) is 5.32 Å². The highest BCUT2D eigenvalue weighted by Gasteiger charge is 2.57. The average molecular weight is 532 g/mol. The molecule has 0 aromatic heterocycles. The van der Waals surface area contributed by atoms with Crippen LogP contribution in [0.5, 0.6) is 0 Å². The monoisotopic (exact) mass is 531 g/mol. The van der Waals surface area contributed by atoms with Gasteiger partial charge < -0.3 is 48.3 Å². The van der Waals surface area contributed by atoms with Gasteiger partial charge in [0.05, 0.1) is 31.0 Å². The third-order valence-electron chi connectivity index (χ3n) is 8.23. The zero-order valence-electron chi connectivity index (χ0n) is 23.4. The summed E-state index contributed by atoms with van der Waals surface area (Å²) in [5.41, 5.74) is 0.386. The Morgan fingerprint density at radius 2 is 1.89 bits per heavy atom. The number of aliphatic hydroxyl groups is 1. The lowest BCUT2D eigenvalue weighted by atomic mass is 9.72. The first-order valence-corrected chi connectivity index (χ1v) is 12.8. The van der Waals surface area contributed by atoms with Crippen molar-refractivity contribution in [2.75, 3.05) is 41.8 Å². The number of carbonyl (C=O) groups is 1. The molecule has 11 heteroatoms. The maximum Gasteiger partial charge on any atom is 0.256 e. The van der Waals surface area contributed by atoms with Crippen LogP contribution in [0.25, 0.3) is 0 Å². The van der Waals surface area contributed by atoms with Crippen LogP contribution in [-0.2, 0) is 42.7 Å². The van der Waals surface area contributed by atoms with E-state index in [1.54, 1.807) is 21.3 Å². The standard InChI is InChI=1S/C26H45NO10/c1-14-11-26(33-9,37-16(3)15(14)2)21(28)23(29)27-24-20-19(34-13-35-24)22(32-8)25(4,5)18(36-20)10-17(31-7)12-30-6/h15-22,24,28H,1,10-13H2,2-9H3,(H,27,29)/t15-,16-,17-,18-,19+,20+,21-,22-,24+,26-/m1/s1. The summed E-state index contributed by atoms with van der Waals surface area (Å²) in [6.45, 7) is 12.4. The van der Waals surface area contributed by atoms with Gasteiger partial charge in [-0.1, -0.05) is 32.9 Å². The Morgan fingerprint density at radius 3 is 2.46 bits per heavy atom. The predicted molar refractivity (Wildman–Crippen MR) is 132 cm³/mol. The molecule has 0 bridgehead atoms. The Bertz CT molecular complexity index is 793. The lowest BCUT2D eigenvalue weighted by Crippen LogP contribution is -2.69. The van der Waals surface area contributed by atoms with Crippen LogP contribution >= 0.6 is 0 Å². The maximum atomic E-state index is 13.3. The fourth-order valence-corrected chi connectivity index (χ4v) is 5.59. The zero-order valence-corrected chi connectivity index (χ0v) is 23.4. The third-order valence-corrected chi connectivity index (χ3v) is 8.23. The number of ether oxygens (including phenoxy) is 8. The Hall–Kier alpha value is -1.15. The minimum absolute atomic E-state index is 0.0639. The number of fused-ring (bicyclic) bond motifs is 1. The number of aliphatic hydroxyl groups excluding tert-OH is 1. The van der Waals surface area contributed by atoms with Crippen LogP contribution in [0.15, 0.2) is 12.2 Å². The van der Waals surface area contributed by atoms with E-state index >= 15 is 0 Å². The molecule has 0 spiro atoms. The van der Waals surface area contributed by atoms with E-state index in [0.29, 0.717) is 13.0 Å². The van der Waals surface area contributed by atoms with Crippen molar-refractivity contribution < 1.29 is 47.8 Å². The molecular formula is C26H45NO10. The van der Waals surface area contributed by atoms with Gasteiger partial charge in [0.25, 0.3) is 5.91 Å². The average Bonchev–Trinajstić information content (AvgIpc) is 2.86. The number of methoxy groups -OCH3 is 4. The van der Waals surface area contributed by atoms with Gasteiger partial charge in [-0.05, 0) is 6.92 Å². The summed E-state index contributed by atoms with van der Waals surface area (Å²) < 4.78 is 46.5. The molecule has 0 radical (unpaired) electrons. The first kappa shape index (κ1) is 30.4.